The van der Waals surface area contributed by atoms with Crippen molar-refractivity contribution in [3.05, 3.63) is 56.2 Å². The molecule has 2 N–H and O–H groups in total. The Morgan fingerprint density at radius 2 is 2.21 bits per heavy atom. The summed E-state index contributed by atoms with van der Waals surface area (Å²) in [5.41, 5.74) is 9.48. The van der Waals surface area contributed by atoms with Crippen LogP contribution in [0, 0.1) is 0 Å². The Labute approximate surface area is 127 Å². The Morgan fingerprint density at radius 1 is 1.37 bits per heavy atom. The average molecular weight is 336 g/mol. The van der Waals surface area contributed by atoms with Gasteiger partial charge in [-0.25, -0.2) is 0 Å². The molecule has 1 aromatic carbocycles. The van der Waals surface area contributed by atoms with Gasteiger partial charge in [0.05, 0.1) is 0 Å². The molecule has 19 heavy (non-hydrogen) atoms. The van der Waals surface area contributed by atoms with Crippen molar-refractivity contribution in [1.29, 1.82) is 0 Å². The van der Waals surface area contributed by atoms with Crippen molar-refractivity contribution >= 4 is 27.3 Å². The molecule has 0 spiro atoms. The van der Waals surface area contributed by atoms with E-state index in [-0.39, 0.29) is 6.04 Å². The van der Waals surface area contributed by atoms with Crippen molar-refractivity contribution in [3.63, 3.8) is 0 Å². The summed E-state index contributed by atoms with van der Waals surface area (Å²) in [5, 5.41) is 2.14. The molecule has 3 rings (SSSR count). The highest BCUT2D eigenvalue weighted by Gasteiger charge is 2.25. The fourth-order valence-corrected chi connectivity index (χ4v) is 4.60. The maximum atomic E-state index is 6.50. The lowest BCUT2D eigenvalue weighted by Gasteiger charge is -2.30. The molecule has 1 aliphatic rings. The van der Waals surface area contributed by atoms with Gasteiger partial charge in [0, 0.05) is 20.8 Å². The summed E-state index contributed by atoms with van der Waals surface area (Å²) in [6.45, 7) is 0. The molecule has 1 aromatic heterocycles. The fourth-order valence-electron chi connectivity index (χ4n) is 3.07. The highest BCUT2D eigenvalue weighted by atomic mass is 79.9. The topological polar surface area (TPSA) is 26.0 Å². The number of rotatable bonds is 3. The van der Waals surface area contributed by atoms with Gasteiger partial charge in [-0.2, -0.15) is 0 Å². The molecule has 0 saturated carbocycles. The number of hydrogen-bond donors (Lipinski definition) is 1. The van der Waals surface area contributed by atoms with Gasteiger partial charge in [0.15, 0.2) is 0 Å². The first-order valence-corrected chi connectivity index (χ1v) is 8.47. The second-order valence-electron chi connectivity index (χ2n) is 5.30. The summed E-state index contributed by atoms with van der Waals surface area (Å²) in [4.78, 5) is 1.38. The monoisotopic (exact) mass is 335 g/mol. The van der Waals surface area contributed by atoms with Crippen LogP contribution in [0.3, 0.4) is 0 Å². The second-order valence-corrected chi connectivity index (χ2v) is 7.21. The quantitative estimate of drug-likeness (QED) is 0.877. The van der Waals surface area contributed by atoms with Gasteiger partial charge in [0.2, 0.25) is 0 Å². The molecule has 0 radical (unpaired) electrons. The third-order valence-electron chi connectivity index (χ3n) is 3.99. The third-order valence-corrected chi connectivity index (χ3v) is 5.71. The van der Waals surface area contributed by atoms with E-state index in [1.807, 2.05) is 0 Å². The van der Waals surface area contributed by atoms with Crippen molar-refractivity contribution in [3.8, 4) is 0 Å². The first kappa shape index (κ1) is 13.3. The molecule has 2 aromatic rings. The van der Waals surface area contributed by atoms with Gasteiger partial charge in [-0.05, 0) is 64.7 Å². The average Bonchev–Trinajstić information content (AvgIpc) is 2.83. The van der Waals surface area contributed by atoms with Crippen LogP contribution in [0.1, 0.15) is 34.8 Å². The van der Waals surface area contributed by atoms with E-state index in [0.717, 1.165) is 6.42 Å². The van der Waals surface area contributed by atoms with Gasteiger partial charge in [0.25, 0.3) is 0 Å². The number of aryl methyl sites for hydroxylation is 1. The van der Waals surface area contributed by atoms with Gasteiger partial charge in [-0.3, -0.25) is 0 Å². The summed E-state index contributed by atoms with van der Waals surface area (Å²) in [5.74, 6) is 0.519. The van der Waals surface area contributed by atoms with E-state index in [1.165, 1.54) is 39.7 Å². The molecule has 0 amide bonds. The van der Waals surface area contributed by atoms with Gasteiger partial charge >= 0.3 is 0 Å². The predicted octanol–water partition coefficient (Wildman–Crippen LogP) is 4.50. The third kappa shape index (κ3) is 2.93. The standard InChI is InChI=1S/C16H18BrNS/c17-12-8-13(19-10-12)9-16(18)15-7-3-5-11-4-1-2-6-14(11)15/h1-2,4,6,8,10,15-16H,3,5,7,9,18H2. The van der Waals surface area contributed by atoms with E-state index >= 15 is 0 Å². The van der Waals surface area contributed by atoms with Crippen molar-refractivity contribution in [2.75, 3.05) is 0 Å². The first-order valence-electron chi connectivity index (χ1n) is 6.80. The van der Waals surface area contributed by atoms with Crippen LogP contribution in [-0.2, 0) is 12.8 Å². The fraction of sp³-hybridized carbons (Fsp3) is 0.375. The Kier molecular flexibility index (Phi) is 4.06. The molecule has 1 heterocycles. The van der Waals surface area contributed by atoms with Crippen molar-refractivity contribution in [2.45, 2.75) is 37.6 Å². The Hall–Kier alpha value is -0.640. The molecule has 0 saturated heterocycles. The highest BCUT2D eigenvalue weighted by Crippen LogP contribution is 2.35. The number of benzene rings is 1. The lowest BCUT2D eigenvalue weighted by molar-refractivity contribution is 0.462. The minimum absolute atomic E-state index is 0.229. The van der Waals surface area contributed by atoms with Crippen LogP contribution in [0.15, 0.2) is 40.2 Å². The van der Waals surface area contributed by atoms with E-state index in [4.69, 9.17) is 5.73 Å². The van der Waals surface area contributed by atoms with Crippen molar-refractivity contribution in [1.82, 2.24) is 0 Å². The largest absolute Gasteiger partial charge is 0.327 e. The van der Waals surface area contributed by atoms with Crippen LogP contribution in [0.2, 0.25) is 0 Å². The molecular formula is C16H18BrNS. The van der Waals surface area contributed by atoms with Crippen LogP contribution in [0.4, 0.5) is 0 Å². The minimum atomic E-state index is 0.229. The van der Waals surface area contributed by atoms with Crippen LogP contribution in [0.5, 0.6) is 0 Å². The highest BCUT2D eigenvalue weighted by molar-refractivity contribution is 9.10. The Bertz CT molecular complexity index is 563. The molecular weight excluding hydrogens is 318 g/mol. The zero-order valence-electron chi connectivity index (χ0n) is 10.8. The normalized spacial score (nSPS) is 20.0. The summed E-state index contributed by atoms with van der Waals surface area (Å²) in [6.07, 6.45) is 4.69. The summed E-state index contributed by atoms with van der Waals surface area (Å²) < 4.78 is 1.17. The van der Waals surface area contributed by atoms with Gasteiger partial charge in [-0.1, -0.05) is 24.3 Å². The first-order chi connectivity index (χ1) is 9.24. The Balaban J connectivity index is 1.79. The zero-order valence-corrected chi connectivity index (χ0v) is 13.2. The van der Waals surface area contributed by atoms with Gasteiger partial charge < -0.3 is 5.73 Å². The molecule has 2 atom stereocenters. The van der Waals surface area contributed by atoms with E-state index in [0.29, 0.717) is 5.92 Å². The second kappa shape index (κ2) is 5.78. The lowest BCUT2D eigenvalue weighted by atomic mass is 9.78. The number of thiophene rings is 1. The maximum Gasteiger partial charge on any atom is 0.0285 e. The smallest absolute Gasteiger partial charge is 0.0285 e. The molecule has 100 valence electrons. The van der Waals surface area contributed by atoms with E-state index in [1.54, 1.807) is 11.3 Å². The number of fused-ring (bicyclic) bond motifs is 1. The summed E-state index contributed by atoms with van der Waals surface area (Å²) >= 11 is 5.31. The number of hydrogen-bond acceptors (Lipinski definition) is 2. The maximum absolute atomic E-state index is 6.50. The van der Waals surface area contributed by atoms with Crippen LogP contribution in [0.25, 0.3) is 0 Å². The molecule has 0 fully saturated rings. The van der Waals surface area contributed by atoms with Crippen molar-refractivity contribution < 1.29 is 0 Å². The predicted molar refractivity (Wildman–Crippen MR) is 85.8 cm³/mol. The summed E-state index contributed by atoms with van der Waals surface area (Å²) in [6, 6.07) is 11.2. The molecule has 2 unspecified atom stereocenters. The van der Waals surface area contributed by atoms with E-state index in [2.05, 4.69) is 51.6 Å². The van der Waals surface area contributed by atoms with Gasteiger partial charge in [0.1, 0.15) is 0 Å². The van der Waals surface area contributed by atoms with Crippen LogP contribution >= 0.6 is 27.3 Å². The van der Waals surface area contributed by atoms with Crippen LogP contribution in [-0.4, -0.2) is 6.04 Å². The minimum Gasteiger partial charge on any atom is -0.327 e. The zero-order chi connectivity index (χ0) is 13.2. The van der Waals surface area contributed by atoms with Crippen molar-refractivity contribution in [2.24, 2.45) is 5.73 Å². The molecule has 0 aliphatic heterocycles. The van der Waals surface area contributed by atoms with Crippen LogP contribution < -0.4 is 5.73 Å². The Morgan fingerprint density at radius 3 is 3.00 bits per heavy atom. The van der Waals surface area contributed by atoms with Gasteiger partial charge in [-0.15, -0.1) is 11.3 Å². The molecule has 0 bridgehead atoms. The number of halogens is 1. The molecule has 1 aliphatic carbocycles. The lowest BCUT2D eigenvalue weighted by Crippen LogP contribution is -2.32. The molecule has 3 heteroatoms. The van der Waals surface area contributed by atoms with E-state index in [9.17, 15) is 0 Å². The van der Waals surface area contributed by atoms with E-state index < -0.39 is 0 Å². The number of nitrogens with two attached hydrogens (primary N) is 1. The molecule has 1 nitrogen and oxygen atoms in total. The SMILES string of the molecule is NC(Cc1cc(Br)cs1)C1CCCc2ccccc21. The summed E-state index contributed by atoms with van der Waals surface area (Å²) in [7, 11) is 0.